The normalized spacial score (nSPS) is 10.8. The van der Waals surface area contributed by atoms with Crippen LogP contribution in [0, 0.1) is 11.3 Å². The topological polar surface area (TPSA) is 77.1 Å². The van der Waals surface area contributed by atoms with Gasteiger partial charge < -0.3 is 10.0 Å². The van der Waals surface area contributed by atoms with E-state index in [9.17, 15) is 0 Å². The first-order chi connectivity index (χ1) is 8.02. The first-order valence-electron chi connectivity index (χ1n) is 5.23. The third kappa shape index (κ3) is 2.18. The first kappa shape index (κ1) is 12.1. The summed E-state index contributed by atoms with van der Waals surface area (Å²) in [5, 5.41) is 27.3. The molecule has 0 aliphatic carbocycles. The lowest BCUT2D eigenvalue weighted by molar-refractivity contribution is 0.427. The van der Waals surface area contributed by atoms with E-state index < -0.39 is 7.12 Å². The Kier molecular flexibility index (Phi) is 3.16. The second kappa shape index (κ2) is 4.45. The Balaban J connectivity index is 2.71. The van der Waals surface area contributed by atoms with E-state index in [4.69, 9.17) is 15.3 Å². The Bertz CT molecular complexity index is 601. The highest BCUT2D eigenvalue weighted by Gasteiger charge is 2.18. The molecule has 4 nitrogen and oxygen atoms in total. The Morgan fingerprint density at radius 3 is 2.65 bits per heavy atom. The SMILES string of the molecule is CC(C)c1cc(C#N)c2sc(B(O)O)cc2n1. The van der Waals surface area contributed by atoms with E-state index in [1.807, 2.05) is 13.8 Å². The fourth-order valence-electron chi connectivity index (χ4n) is 1.57. The minimum Gasteiger partial charge on any atom is -0.423 e. The minimum absolute atomic E-state index is 0.230. The van der Waals surface area contributed by atoms with Crippen molar-refractivity contribution in [3.05, 3.63) is 23.4 Å². The van der Waals surface area contributed by atoms with Gasteiger partial charge in [0.2, 0.25) is 0 Å². The van der Waals surface area contributed by atoms with Gasteiger partial charge in [0, 0.05) is 10.5 Å². The van der Waals surface area contributed by atoms with E-state index >= 15 is 0 Å². The molecule has 0 unspecified atom stereocenters. The molecule has 0 fully saturated rings. The monoisotopic (exact) mass is 246 g/mol. The molecule has 0 bridgehead atoms. The molecule has 86 valence electrons. The molecule has 0 aromatic carbocycles. The Morgan fingerprint density at radius 2 is 2.12 bits per heavy atom. The smallest absolute Gasteiger partial charge is 0.423 e. The van der Waals surface area contributed by atoms with Crippen molar-refractivity contribution < 1.29 is 10.0 Å². The summed E-state index contributed by atoms with van der Waals surface area (Å²) < 4.78 is 1.12. The largest absolute Gasteiger partial charge is 0.499 e. The quantitative estimate of drug-likeness (QED) is 0.774. The Hall–Kier alpha value is -1.42. The highest BCUT2D eigenvalue weighted by Crippen LogP contribution is 2.25. The molecule has 17 heavy (non-hydrogen) atoms. The highest BCUT2D eigenvalue weighted by atomic mass is 32.1. The minimum atomic E-state index is -1.51. The van der Waals surface area contributed by atoms with Gasteiger partial charge in [0.05, 0.1) is 15.8 Å². The molecule has 0 aliphatic heterocycles. The van der Waals surface area contributed by atoms with Gasteiger partial charge in [-0.05, 0) is 18.1 Å². The van der Waals surface area contributed by atoms with Crippen molar-refractivity contribution in [3.8, 4) is 6.07 Å². The van der Waals surface area contributed by atoms with E-state index in [1.54, 1.807) is 12.1 Å². The van der Waals surface area contributed by atoms with Crippen LogP contribution in [0.15, 0.2) is 12.1 Å². The summed E-state index contributed by atoms with van der Waals surface area (Å²) in [7, 11) is -1.51. The van der Waals surface area contributed by atoms with Crippen molar-refractivity contribution >= 4 is 33.4 Å². The van der Waals surface area contributed by atoms with Gasteiger partial charge in [-0.3, -0.25) is 4.98 Å². The zero-order chi connectivity index (χ0) is 12.6. The van der Waals surface area contributed by atoms with Crippen LogP contribution in [0.2, 0.25) is 0 Å². The van der Waals surface area contributed by atoms with E-state index in [0.29, 0.717) is 20.6 Å². The van der Waals surface area contributed by atoms with E-state index in [-0.39, 0.29) is 5.92 Å². The number of nitrogens with zero attached hydrogens (tertiary/aromatic N) is 2. The summed E-state index contributed by atoms with van der Waals surface area (Å²) in [6, 6.07) is 5.51. The van der Waals surface area contributed by atoms with Gasteiger partial charge in [-0.15, -0.1) is 11.3 Å². The predicted octanol–water partition coefficient (Wildman–Crippen LogP) is 0.971. The second-order valence-corrected chi connectivity index (χ2v) is 5.18. The maximum absolute atomic E-state index is 9.12. The summed E-state index contributed by atoms with van der Waals surface area (Å²) >= 11 is 1.19. The maximum Gasteiger partial charge on any atom is 0.499 e. The lowest BCUT2D eigenvalue weighted by Crippen LogP contribution is -2.26. The maximum atomic E-state index is 9.12. The molecular weight excluding hydrogens is 235 g/mol. The molecule has 2 heterocycles. The molecule has 2 aromatic heterocycles. The van der Waals surface area contributed by atoms with Gasteiger partial charge >= 0.3 is 7.12 Å². The number of aromatic nitrogens is 1. The van der Waals surface area contributed by atoms with Crippen molar-refractivity contribution in [2.75, 3.05) is 0 Å². The van der Waals surface area contributed by atoms with E-state index in [2.05, 4.69) is 11.1 Å². The Labute approximate surface area is 103 Å². The number of hydrogen-bond acceptors (Lipinski definition) is 5. The number of thiophene rings is 1. The van der Waals surface area contributed by atoms with Crippen molar-refractivity contribution in [3.63, 3.8) is 0 Å². The zero-order valence-corrected chi connectivity index (χ0v) is 10.3. The van der Waals surface area contributed by atoms with Crippen LogP contribution in [0.25, 0.3) is 10.2 Å². The molecule has 6 heteroatoms. The van der Waals surface area contributed by atoms with Gasteiger partial charge in [-0.2, -0.15) is 5.26 Å². The third-order valence-electron chi connectivity index (χ3n) is 2.48. The molecule has 0 aliphatic rings. The standard InChI is InChI=1S/C11H11BN2O2S/c1-6(2)8-3-7(5-13)11-9(14-8)4-10(17-11)12(15)16/h3-4,6,15-16H,1-2H3. The van der Waals surface area contributed by atoms with Crippen molar-refractivity contribution in [2.24, 2.45) is 0 Å². The molecule has 0 saturated carbocycles. The number of pyridine rings is 1. The molecule has 0 amide bonds. The lowest BCUT2D eigenvalue weighted by atomic mass is 9.89. The number of fused-ring (bicyclic) bond motifs is 1. The summed E-state index contributed by atoms with van der Waals surface area (Å²) in [5.74, 6) is 0.230. The van der Waals surface area contributed by atoms with Gasteiger partial charge in [0.1, 0.15) is 6.07 Å². The summed E-state index contributed by atoms with van der Waals surface area (Å²) in [5.41, 5.74) is 2.03. The number of nitriles is 1. The molecule has 2 N–H and O–H groups in total. The van der Waals surface area contributed by atoms with Crippen LogP contribution in [0.1, 0.15) is 31.0 Å². The van der Waals surface area contributed by atoms with Gasteiger partial charge in [-0.1, -0.05) is 13.8 Å². The number of hydrogen-bond donors (Lipinski definition) is 2. The summed E-state index contributed by atoms with van der Waals surface area (Å²) in [6.45, 7) is 4.01. The summed E-state index contributed by atoms with van der Waals surface area (Å²) in [6.07, 6.45) is 0. The van der Waals surface area contributed by atoms with E-state index in [0.717, 1.165) is 5.69 Å². The first-order valence-corrected chi connectivity index (χ1v) is 6.05. The second-order valence-electron chi connectivity index (χ2n) is 4.10. The van der Waals surface area contributed by atoms with Crippen LogP contribution in [0.4, 0.5) is 0 Å². The molecule has 2 aromatic rings. The van der Waals surface area contributed by atoms with Gasteiger partial charge in [-0.25, -0.2) is 0 Å². The summed E-state index contributed by atoms with van der Waals surface area (Å²) in [4.78, 5) is 4.42. The lowest BCUT2D eigenvalue weighted by Gasteiger charge is -2.04. The molecule has 0 atom stereocenters. The Morgan fingerprint density at radius 1 is 1.41 bits per heavy atom. The van der Waals surface area contributed by atoms with Crippen LogP contribution in [0.5, 0.6) is 0 Å². The number of rotatable bonds is 2. The van der Waals surface area contributed by atoms with Crippen LogP contribution in [0.3, 0.4) is 0 Å². The predicted molar refractivity (Wildman–Crippen MR) is 68.2 cm³/mol. The van der Waals surface area contributed by atoms with Gasteiger partial charge in [0.25, 0.3) is 0 Å². The average molecular weight is 246 g/mol. The van der Waals surface area contributed by atoms with Crippen LogP contribution < -0.4 is 4.78 Å². The fraction of sp³-hybridized carbons (Fsp3) is 0.273. The molecule has 0 spiro atoms. The molecule has 0 radical (unpaired) electrons. The van der Waals surface area contributed by atoms with Crippen molar-refractivity contribution in [2.45, 2.75) is 19.8 Å². The molecular formula is C11H11BN2O2S. The zero-order valence-electron chi connectivity index (χ0n) is 9.51. The molecule has 0 saturated heterocycles. The highest BCUT2D eigenvalue weighted by molar-refractivity contribution is 7.28. The molecule has 2 rings (SSSR count). The van der Waals surface area contributed by atoms with E-state index in [1.165, 1.54) is 11.3 Å². The van der Waals surface area contributed by atoms with Crippen LogP contribution in [-0.4, -0.2) is 22.2 Å². The van der Waals surface area contributed by atoms with Crippen LogP contribution >= 0.6 is 11.3 Å². The average Bonchev–Trinajstić information content (AvgIpc) is 2.71. The van der Waals surface area contributed by atoms with Crippen LogP contribution in [-0.2, 0) is 0 Å². The third-order valence-corrected chi connectivity index (χ3v) is 3.68. The van der Waals surface area contributed by atoms with Crippen molar-refractivity contribution in [1.29, 1.82) is 5.26 Å². The van der Waals surface area contributed by atoms with Gasteiger partial charge in [0.15, 0.2) is 0 Å². The fourth-order valence-corrected chi connectivity index (χ4v) is 2.50. The van der Waals surface area contributed by atoms with Crippen molar-refractivity contribution in [1.82, 2.24) is 4.98 Å².